The monoisotopic (exact) mass is 456 g/mol. The standard InChI is InChI=1S/C31H52O2/c1-21(10-15-28(32)22-8-6-5-7-9-22)25-13-14-26-24-12-11-23-20-29(2,33)18-19-30(23,3)27(24)16-17-31(25,26)4/h11,21-22,24-28,32-33H,5-10,12-20H2,1-4H3/t21-,24+,25-,26+,27+,28-,29+,30+,31-/m1/s1. The summed E-state index contributed by atoms with van der Waals surface area (Å²) >= 11 is 0. The molecule has 188 valence electrons. The second kappa shape index (κ2) is 8.95. The molecule has 9 atom stereocenters. The fourth-order valence-corrected chi connectivity index (χ4v) is 10.2. The quantitative estimate of drug-likeness (QED) is 0.417. The van der Waals surface area contributed by atoms with Crippen molar-refractivity contribution in [2.45, 2.75) is 136 Å². The highest BCUT2D eigenvalue weighted by molar-refractivity contribution is 5.26. The van der Waals surface area contributed by atoms with Crippen molar-refractivity contribution in [3.8, 4) is 0 Å². The third-order valence-electron chi connectivity index (χ3n) is 12.3. The van der Waals surface area contributed by atoms with Crippen LogP contribution in [0.3, 0.4) is 0 Å². The molecule has 0 unspecified atom stereocenters. The first-order chi connectivity index (χ1) is 15.6. The van der Waals surface area contributed by atoms with Crippen molar-refractivity contribution in [2.75, 3.05) is 0 Å². The van der Waals surface area contributed by atoms with Gasteiger partial charge in [0.05, 0.1) is 11.7 Å². The maximum absolute atomic E-state index is 10.9. The smallest absolute Gasteiger partial charge is 0.0657 e. The maximum Gasteiger partial charge on any atom is 0.0657 e. The number of rotatable bonds is 5. The average molecular weight is 457 g/mol. The van der Waals surface area contributed by atoms with Crippen molar-refractivity contribution in [3.63, 3.8) is 0 Å². The van der Waals surface area contributed by atoms with Crippen molar-refractivity contribution >= 4 is 0 Å². The molecule has 5 rings (SSSR count). The van der Waals surface area contributed by atoms with Crippen LogP contribution in [0.4, 0.5) is 0 Å². The lowest BCUT2D eigenvalue weighted by atomic mass is 9.46. The summed E-state index contributed by atoms with van der Waals surface area (Å²) in [7, 11) is 0. The summed E-state index contributed by atoms with van der Waals surface area (Å²) < 4.78 is 0. The molecule has 4 saturated carbocycles. The van der Waals surface area contributed by atoms with Crippen molar-refractivity contribution in [2.24, 2.45) is 46.3 Å². The van der Waals surface area contributed by atoms with E-state index in [1.807, 2.05) is 6.92 Å². The Morgan fingerprint density at radius 2 is 1.67 bits per heavy atom. The summed E-state index contributed by atoms with van der Waals surface area (Å²) in [6, 6.07) is 0. The molecule has 0 heterocycles. The van der Waals surface area contributed by atoms with E-state index in [2.05, 4.69) is 26.8 Å². The summed E-state index contributed by atoms with van der Waals surface area (Å²) in [4.78, 5) is 0. The Labute approximate surface area is 204 Å². The second-order valence-corrected chi connectivity index (χ2v) is 14.2. The van der Waals surface area contributed by atoms with E-state index in [1.165, 1.54) is 77.0 Å². The topological polar surface area (TPSA) is 40.5 Å². The van der Waals surface area contributed by atoms with Gasteiger partial charge in [-0.05, 0) is 130 Å². The molecule has 2 heteroatoms. The first kappa shape index (κ1) is 24.4. The molecule has 2 nitrogen and oxygen atoms in total. The predicted molar refractivity (Wildman–Crippen MR) is 137 cm³/mol. The third kappa shape index (κ3) is 4.28. The molecule has 0 amide bonds. The minimum Gasteiger partial charge on any atom is -0.393 e. The fraction of sp³-hybridized carbons (Fsp3) is 0.935. The summed E-state index contributed by atoms with van der Waals surface area (Å²) in [6.07, 6.45) is 21.2. The van der Waals surface area contributed by atoms with Gasteiger partial charge in [0.1, 0.15) is 0 Å². The Kier molecular flexibility index (Phi) is 6.61. The third-order valence-corrected chi connectivity index (χ3v) is 12.3. The van der Waals surface area contributed by atoms with Crippen LogP contribution in [-0.4, -0.2) is 21.9 Å². The molecule has 0 aromatic heterocycles. The minimum absolute atomic E-state index is 0.0566. The average Bonchev–Trinajstić information content (AvgIpc) is 3.15. The Morgan fingerprint density at radius 3 is 2.42 bits per heavy atom. The molecule has 0 radical (unpaired) electrons. The number of aliphatic hydroxyl groups is 2. The predicted octanol–water partition coefficient (Wildman–Crippen LogP) is 7.67. The number of aliphatic hydroxyl groups excluding tert-OH is 1. The molecule has 5 aliphatic rings. The molecule has 0 aromatic rings. The molecule has 0 bridgehead atoms. The lowest BCUT2D eigenvalue weighted by Crippen LogP contribution is -2.52. The molecule has 5 aliphatic carbocycles. The molecule has 33 heavy (non-hydrogen) atoms. The molecule has 2 N–H and O–H groups in total. The highest BCUT2D eigenvalue weighted by atomic mass is 16.3. The van der Waals surface area contributed by atoms with E-state index in [1.54, 1.807) is 5.57 Å². The van der Waals surface area contributed by atoms with Gasteiger partial charge < -0.3 is 10.2 Å². The van der Waals surface area contributed by atoms with Crippen LogP contribution in [-0.2, 0) is 0 Å². The first-order valence-electron chi connectivity index (χ1n) is 14.7. The Balaban J connectivity index is 1.25. The van der Waals surface area contributed by atoms with Crippen LogP contribution >= 0.6 is 0 Å². The van der Waals surface area contributed by atoms with Crippen molar-refractivity contribution in [1.82, 2.24) is 0 Å². The molecule has 0 aliphatic heterocycles. The molecule has 0 aromatic carbocycles. The highest BCUT2D eigenvalue weighted by Gasteiger charge is 2.59. The summed E-state index contributed by atoms with van der Waals surface area (Å²) in [5.41, 5.74) is 1.93. The van der Waals surface area contributed by atoms with E-state index < -0.39 is 5.60 Å². The number of hydrogen-bond acceptors (Lipinski definition) is 2. The SMILES string of the molecule is C[C@H](CC[C@@H](O)C1CCCCC1)[C@H]1CC[C@H]2[C@@H]3CC=C4C[C@@](C)(O)CC[C@]4(C)[C@H]3CC[C@]12C. The van der Waals surface area contributed by atoms with Crippen LogP contribution in [0.5, 0.6) is 0 Å². The largest absolute Gasteiger partial charge is 0.393 e. The molecular weight excluding hydrogens is 404 g/mol. The molecule has 0 saturated heterocycles. The highest BCUT2D eigenvalue weighted by Crippen LogP contribution is 2.67. The lowest BCUT2D eigenvalue weighted by molar-refractivity contribution is -0.0711. The van der Waals surface area contributed by atoms with Crippen LogP contribution < -0.4 is 0 Å². The molecule has 0 spiro atoms. The normalized spacial score (nSPS) is 47.8. The second-order valence-electron chi connectivity index (χ2n) is 14.2. The molecule has 4 fully saturated rings. The van der Waals surface area contributed by atoms with Crippen molar-refractivity contribution in [3.05, 3.63) is 11.6 Å². The van der Waals surface area contributed by atoms with Gasteiger partial charge in [-0.15, -0.1) is 0 Å². The van der Waals surface area contributed by atoms with Gasteiger partial charge in [-0.3, -0.25) is 0 Å². The van der Waals surface area contributed by atoms with Crippen LogP contribution in [0, 0.1) is 46.3 Å². The lowest BCUT2D eigenvalue weighted by Gasteiger charge is -2.59. The van der Waals surface area contributed by atoms with E-state index in [9.17, 15) is 10.2 Å². The van der Waals surface area contributed by atoms with Crippen LogP contribution in [0.2, 0.25) is 0 Å². The fourth-order valence-electron chi connectivity index (χ4n) is 10.2. The van der Waals surface area contributed by atoms with Gasteiger partial charge in [-0.1, -0.05) is 51.7 Å². The van der Waals surface area contributed by atoms with Crippen LogP contribution in [0.15, 0.2) is 11.6 Å². The number of hydrogen-bond donors (Lipinski definition) is 2. The number of allylic oxidation sites excluding steroid dienone is 1. The zero-order chi connectivity index (χ0) is 23.4. The Hall–Kier alpha value is -0.340. The van der Waals surface area contributed by atoms with E-state index in [0.717, 1.165) is 48.9 Å². The zero-order valence-corrected chi connectivity index (χ0v) is 22.1. The van der Waals surface area contributed by atoms with Gasteiger partial charge >= 0.3 is 0 Å². The van der Waals surface area contributed by atoms with E-state index in [4.69, 9.17) is 0 Å². The van der Waals surface area contributed by atoms with Gasteiger partial charge in [0.25, 0.3) is 0 Å². The molecular formula is C31H52O2. The zero-order valence-electron chi connectivity index (χ0n) is 22.1. The van der Waals surface area contributed by atoms with Crippen molar-refractivity contribution in [1.29, 1.82) is 0 Å². The maximum atomic E-state index is 10.9. The summed E-state index contributed by atoms with van der Waals surface area (Å²) in [6.45, 7) is 9.77. The van der Waals surface area contributed by atoms with E-state index in [0.29, 0.717) is 16.7 Å². The first-order valence-corrected chi connectivity index (χ1v) is 14.7. The van der Waals surface area contributed by atoms with E-state index in [-0.39, 0.29) is 6.10 Å². The van der Waals surface area contributed by atoms with Crippen molar-refractivity contribution < 1.29 is 10.2 Å². The Bertz CT molecular complexity index is 733. The van der Waals surface area contributed by atoms with E-state index >= 15 is 0 Å². The number of fused-ring (bicyclic) bond motifs is 5. The van der Waals surface area contributed by atoms with Crippen LogP contribution in [0.25, 0.3) is 0 Å². The summed E-state index contributed by atoms with van der Waals surface area (Å²) in [5, 5.41) is 21.6. The van der Waals surface area contributed by atoms with Gasteiger partial charge in [-0.2, -0.15) is 0 Å². The van der Waals surface area contributed by atoms with Gasteiger partial charge in [0.2, 0.25) is 0 Å². The van der Waals surface area contributed by atoms with Crippen LogP contribution in [0.1, 0.15) is 124 Å². The Morgan fingerprint density at radius 1 is 0.909 bits per heavy atom. The van der Waals surface area contributed by atoms with Gasteiger partial charge in [0, 0.05) is 0 Å². The minimum atomic E-state index is -0.489. The van der Waals surface area contributed by atoms with Gasteiger partial charge in [0.15, 0.2) is 0 Å². The summed E-state index contributed by atoms with van der Waals surface area (Å²) in [5.74, 6) is 4.72. The van der Waals surface area contributed by atoms with Gasteiger partial charge in [-0.25, -0.2) is 0 Å².